The SMILES string of the molecule is O=C(NC1CCC1)[C@@H]1CC[C@@H]2[C@@H](CCN2C(=O)CCc2cncnc2)O1. The highest BCUT2D eigenvalue weighted by atomic mass is 16.5. The minimum Gasteiger partial charge on any atom is -0.363 e. The molecular formula is C19H26N4O3. The summed E-state index contributed by atoms with van der Waals surface area (Å²) in [6, 6.07) is 0.453. The van der Waals surface area contributed by atoms with Crippen LogP contribution in [0.2, 0.25) is 0 Å². The number of rotatable bonds is 5. The van der Waals surface area contributed by atoms with E-state index in [1.165, 1.54) is 12.7 Å². The van der Waals surface area contributed by atoms with E-state index >= 15 is 0 Å². The number of aromatic nitrogens is 2. The fourth-order valence-electron chi connectivity index (χ4n) is 4.13. The van der Waals surface area contributed by atoms with Crippen molar-refractivity contribution in [3.63, 3.8) is 0 Å². The molecule has 26 heavy (non-hydrogen) atoms. The molecule has 0 aromatic carbocycles. The van der Waals surface area contributed by atoms with E-state index in [1.54, 1.807) is 12.4 Å². The molecule has 2 saturated heterocycles. The highest BCUT2D eigenvalue weighted by molar-refractivity contribution is 5.81. The van der Waals surface area contributed by atoms with Gasteiger partial charge in [-0.25, -0.2) is 9.97 Å². The van der Waals surface area contributed by atoms with E-state index in [4.69, 9.17) is 4.74 Å². The Labute approximate surface area is 153 Å². The van der Waals surface area contributed by atoms with Crippen molar-refractivity contribution in [1.29, 1.82) is 0 Å². The van der Waals surface area contributed by atoms with Crippen LogP contribution in [-0.2, 0) is 20.7 Å². The third kappa shape index (κ3) is 3.72. The number of nitrogens with zero attached hydrogens (tertiary/aromatic N) is 3. The highest BCUT2D eigenvalue weighted by Gasteiger charge is 2.43. The maximum absolute atomic E-state index is 12.6. The van der Waals surface area contributed by atoms with E-state index in [9.17, 15) is 9.59 Å². The Morgan fingerprint density at radius 1 is 1.15 bits per heavy atom. The van der Waals surface area contributed by atoms with Gasteiger partial charge in [-0.15, -0.1) is 0 Å². The zero-order valence-corrected chi connectivity index (χ0v) is 15.0. The minimum absolute atomic E-state index is 0.00935. The van der Waals surface area contributed by atoms with Gasteiger partial charge in [0.25, 0.3) is 0 Å². The first-order valence-electron chi connectivity index (χ1n) is 9.70. The molecule has 140 valence electrons. The predicted molar refractivity (Wildman–Crippen MR) is 94.1 cm³/mol. The zero-order valence-electron chi connectivity index (χ0n) is 15.0. The number of amides is 2. The van der Waals surface area contributed by atoms with Crippen molar-refractivity contribution in [2.75, 3.05) is 6.54 Å². The molecule has 1 aliphatic carbocycles. The van der Waals surface area contributed by atoms with Gasteiger partial charge in [-0.05, 0) is 50.5 Å². The number of hydrogen-bond acceptors (Lipinski definition) is 5. The molecule has 3 heterocycles. The molecule has 0 spiro atoms. The van der Waals surface area contributed by atoms with E-state index in [-0.39, 0.29) is 30.1 Å². The number of nitrogens with one attached hydrogen (secondary N) is 1. The van der Waals surface area contributed by atoms with Crippen LogP contribution in [-0.4, -0.2) is 57.5 Å². The molecule has 1 saturated carbocycles. The number of likely N-dealkylation sites (tertiary alicyclic amines) is 1. The summed E-state index contributed by atoms with van der Waals surface area (Å²) in [7, 11) is 0. The Kier molecular flexibility index (Phi) is 5.15. The lowest BCUT2D eigenvalue weighted by molar-refractivity contribution is -0.148. The molecule has 3 fully saturated rings. The van der Waals surface area contributed by atoms with Gasteiger partial charge in [-0.1, -0.05) is 0 Å². The number of fused-ring (bicyclic) bond motifs is 1. The smallest absolute Gasteiger partial charge is 0.249 e. The van der Waals surface area contributed by atoms with E-state index in [1.807, 2.05) is 4.90 Å². The maximum atomic E-state index is 12.6. The lowest BCUT2D eigenvalue weighted by atomic mass is 9.92. The highest BCUT2D eigenvalue weighted by Crippen LogP contribution is 2.32. The Bertz CT molecular complexity index is 649. The third-order valence-corrected chi connectivity index (χ3v) is 5.85. The Balaban J connectivity index is 1.27. The second-order valence-electron chi connectivity index (χ2n) is 7.57. The lowest BCUT2D eigenvalue weighted by Crippen LogP contribution is -2.51. The molecule has 2 aliphatic heterocycles. The molecule has 7 heteroatoms. The molecule has 0 bridgehead atoms. The van der Waals surface area contributed by atoms with Gasteiger partial charge in [0.1, 0.15) is 12.4 Å². The molecule has 4 rings (SSSR count). The minimum atomic E-state index is -0.353. The molecule has 0 radical (unpaired) electrons. The van der Waals surface area contributed by atoms with Crippen LogP contribution in [0.15, 0.2) is 18.7 Å². The lowest BCUT2D eigenvalue weighted by Gasteiger charge is -2.36. The molecule has 1 aromatic rings. The number of hydrogen-bond donors (Lipinski definition) is 1. The first-order valence-corrected chi connectivity index (χ1v) is 9.70. The van der Waals surface area contributed by atoms with Gasteiger partial charge in [-0.2, -0.15) is 0 Å². The van der Waals surface area contributed by atoms with Crippen molar-refractivity contribution < 1.29 is 14.3 Å². The largest absolute Gasteiger partial charge is 0.363 e. The topological polar surface area (TPSA) is 84.4 Å². The zero-order chi connectivity index (χ0) is 17.9. The summed E-state index contributed by atoms with van der Waals surface area (Å²) in [6.07, 6.45) is 11.5. The van der Waals surface area contributed by atoms with E-state index in [2.05, 4.69) is 15.3 Å². The van der Waals surface area contributed by atoms with Crippen LogP contribution >= 0.6 is 0 Å². The number of carbonyl (C=O) groups is 2. The van der Waals surface area contributed by atoms with Crippen LogP contribution < -0.4 is 5.32 Å². The summed E-state index contributed by atoms with van der Waals surface area (Å²) in [5.41, 5.74) is 0.976. The Hall–Kier alpha value is -2.02. The third-order valence-electron chi connectivity index (χ3n) is 5.85. The van der Waals surface area contributed by atoms with Crippen LogP contribution in [0.5, 0.6) is 0 Å². The van der Waals surface area contributed by atoms with E-state index in [0.717, 1.165) is 37.8 Å². The molecular weight excluding hydrogens is 332 g/mol. The van der Waals surface area contributed by atoms with E-state index in [0.29, 0.717) is 25.3 Å². The summed E-state index contributed by atoms with van der Waals surface area (Å²) in [5.74, 6) is 0.185. The van der Waals surface area contributed by atoms with Crippen molar-refractivity contribution >= 4 is 11.8 Å². The van der Waals surface area contributed by atoms with Crippen molar-refractivity contribution in [2.24, 2.45) is 0 Å². The van der Waals surface area contributed by atoms with Gasteiger partial charge in [0, 0.05) is 31.4 Å². The summed E-state index contributed by atoms with van der Waals surface area (Å²) in [6.45, 7) is 0.719. The maximum Gasteiger partial charge on any atom is 0.249 e. The quantitative estimate of drug-likeness (QED) is 0.856. The van der Waals surface area contributed by atoms with Crippen LogP contribution in [0.1, 0.15) is 50.5 Å². The Morgan fingerprint density at radius 3 is 2.69 bits per heavy atom. The number of carbonyl (C=O) groups excluding carboxylic acids is 2. The molecule has 1 aromatic heterocycles. The normalized spacial score (nSPS) is 28.3. The second-order valence-corrected chi connectivity index (χ2v) is 7.57. The van der Waals surface area contributed by atoms with Crippen molar-refractivity contribution in [2.45, 2.75) is 75.7 Å². The van der Waals surface area contributed by atoms with Crippen LogP contribution in [0.25, 0.3) is 0 Å². The van der Waals surface area contributed by atoms with Crippen molar-refractivity contribution in [3.8, 4) is 0 Å². The molecule has 2 amide bonds. The number of aryl methyl sites for hydroxylation is 1. The number of ether oxygens (including phenoxy) is 1. The van der Waals surface area contributed by atoms with Gasteiger partial charge in [0.15, 0.2) is 0 Å². The van der Waals surface area contributed by atoms with Crippen LogP contribution in [0.4, 0.5) is 0 Å². The summed E-state index contributed by atoms with van der Waals surface area (Å²) in [4.78, 5) is 34.9. The molecule has 0 unspecified atom stereocenters. The summed E-state index contributed by atoms with van der Waals surface area (Å²) in [5, 5.41) is 3.08. The van der Waals surface area contributed by atoms with Gasteiger partial charge < -0.3 is 15.0 Å². The average molecular weight is 358 g/mol. The first kappa shape index (κ1) is 17.4. The standard InChI is InChI=1S/C19H26N4O3/c24-18(7-4-13-10-20-12-21-11-13)23-9-8-16-15(23)5-6-17(26-16)19(25)22-14-2-1-3-14/h10-12,14-17H,1-9H2,(H,22,25)/t15-,16-,17+/m1/s1. The van der Waals surface area contributed by atoms with Crippen molar-refractivity contribution in [1.82, 2.24) is 20.2 Å². The fourth-order valence-corrected chi connectivity index (χ4v) is 4.13. The molecule has 1 N–H and O–H groups in total. The molecule has 7 nitrogen and oxygen atoms in total. The molecule has 3 aliphatic rings. The monoisotopic (exact) mass is 358 g/mol. The van der Waals surface area contributed by atoms with Crippen LogP contribution in [0, 0.1) is 0 Å². The predicted octanol–water partition coefficient (Wildman–Crippen LogP) is 1.23. The second kappa shape index (κ2) is 7.70. The summed E-state index contributed by atoms with van der Waals surface area (Å²) < 4.78 is 6.06. The molecule has 3 atom stereocenters. The van der Waals surface area contributed by atoms with Crippen molar-refractivity contribution in [3.05, 3.63) is 24.3 Å². The summed E-state index contributed by atoms with van der Waals surface area (Å²) >= 11 is 0. The Morgan fingerprint density at radius 2 is 1.96 bits per heavy atom. The van der Waals surface area contributed by atoms with Gasteiger partial charge >= 0.3 is 0 Å². The first-order chi connectivity index (χ1) is 12.7. The van der Waals surface area contributed by atoms with Crippen LogP contribution in [0.3, 0.4) is 0 Å². The van der Waals surface area contributed by atoms with Gasteiger partial charge in [-0.3, -0.25) is 9.59 Å². The fraction of sp³-hybridized carbons (Fsp3) is 0.684. The van der Waals surface area contributed by atoms with Gasteiger partial charge in [0.05, 0.1) is 12.1 Å². The van der Waals surface area contributed by atoms with E-state index < -0.39 is 0 Å². The van der Waals surface area contributed by atoms with Gasteiger partial charge in [0.2, 0.25) is 11.8 Å². The average Bonchev–Trinajstić information content (AvgIpc) is 3.06.